The van der Waals surface area contributed by atoms with Crippen LogP contribution < -0.4 is 0 Å². The van der Waals surface area contributed by atoms with Crippen molar-refractivity contribution >= 4 is 5.91 Å². The van der Waals surface area contributed by atoms with E-state index >= 15 is 0 Å². The molecule has 0 bridgehead atoms. The molecular weight excluding hydrogens is 195 g/mol. The van der Waals surface area contributed by atoms with Crippen LogP contribution in [0.25, 0.3) is 0 Å². The van der Waals surface area contributed by atoms with Crippen molar-refractivity contribution < 1.29 is 9.18 Å². The lowest BCUT2D eigenvalue weighted by Crippen LogP contribution is -2.55. The van der Waals surface area contributed by atoms with Crippen LogP contribution in [0.1, 0.15) is 20.8 Å². The highest BCUT2D eigenvalue weighted by molar-refractivity contribution is 5.90. The summed E-state index contributed by atoms with van der Waals surface area (Å²) < 4.78 is 12.7. The van der Waals surface area contributed by atoms with Gasteiger partial charge in [0.1, 0.15) is 0 Å². The van der Waals surface area contributed by atoms with Crippen LogP contribution in [-0.2, 0) is 4.79 Å². The van der Waals surface area contributed by atoms with Crippen LogP contribution in [0.4, 0.5) is 4.39 Å². The molecule has 1 saturated heterocycles. The molecule has 0 aromatic rings. The predicted octanol–water partition coefficient (Wildman–Crippen LogP) is 1.41. The minimum Gasteiger partial charge on any atom is -0.331 e. The van der Waals surface area contributed by atoms with E-state index in [1.807, 2.05) is 6.92 Å². The van der Waals surface area contributed by atoms with Crippen LogP contribution in [0.2, 0.25) is 0 Å². The fourth-order valence-corrected chi connectivity index (χ4v) is 1.91. The first kappa shape index (κ1) is 12.2. The highest BCUT2D eigenvalue weighted by Gasteiger charge is 2.29. The van der Waals surface area contributed by atoms with Crippen LogP contribution in [-0.4, -0.2) is 47.4 Å². The Kier molecular flexibility index (Phi) is 3.85. The van der Waals surface area contributed by atoms with E-state index in [1.54, 1.807) is 4.90 Å². The highest BCUT2D eigenvalue weighted by atomic mass is 19.1. The van der Waals surface area contributed by atoms with E-state index in [1.165, 1.54) is 0 Å². The number of rotatable bonds is 2. The first-order valence-corrected chi connectivity index (χ1v) is 5.33. The van der Waals surface area contributed by atoms with Crippen molar-refractivity contribution in [1.29, 1.82) is 0 Å². The molecular formula is C11H19FN2O. The van der Waals surface area contributed by atoms with E-state index in [0.717, 1.165) is 13.1 Å². The van der Waals surface area contributed by atoms with Crippen molar-refractivity contribution in [1.82, 2.24) is 9.80 Å². The summed E-state index contributed by atoms with van der Waals surface area (Å²) in [5.74, 6) is -1.43. The molecule has 1 aliphatic heterocycles. The lowest BCUT2D eigenvalue weighted by molar-refractivity contribution is -0.133. The second kappa shape index (κ2) is 4.75. The third kappa shape index (κ3) is 2.78. The maximum absolute atomic E-state index is 12.7. The predicted molar refractivity (Wildman–Crippen MR) is 58.1 cm³/mol. The Labute approximate surface area is 90.5 Å². The van der Waals surface area contributed by atoms with Crippen molar-refractivity contribution in [3.8, 4) is 0 Å². The van der Waals surface area contributed by atoms with Gasteiger partial charge in [0.2, 0.25) is 0 Å². The quantitative estimate of drug-likeness (QED) is 0.649. The van der Waals surface area contributed by atoms with E-state index in [2.05, 4.69) is 25.3 Å². The Morgan fingerprint density at radius 3 is 2.47 bits per heavy atom. The van der Waals surface area contributed by atoms with Crippen LogP contribution in [0, 0.1) is 0 Å². The number of carbonyl (C=O) groups excluding carboxylic acids is 1. The lowest BCUT2D eigenvalue weighted by atomic mass is 10.1. The van der Waals surface area contributed by atoms with E-state index in [4.69, 9.17) is 0 Å². The third-order valence-electron chi connectivity index (χ3n) is 2.88. The molecule has 0 N–H and O–H groups in total. The Morgan fingerprint density at radius 1 is 1.47 bits per heavy atom. The van der Waals surface area contributed by atoms with Gasteiger partial charge < -0.3 is 4.90 Å². The summed E-state index contributed by atoms with van der Waals surface area (Å²) in [6.07, 6.45) is 0. The zero-order valence-corrected chi connectivity index (χ0v) is 9.66. The number of amides is 1. The molecule has 4 heteroatoms. The molecule has 1 fully saturated rings. The van der Waals surface area contributed by atoms with Crippen LogP contribution in [0.3, 0.4) is 0 Å². The minimum absolute atomic E-state index is 0.0566. The van der Waals surface area contributed by atoms with E-state index in [-0.39, 0.29) is 6.04 Å². The van der Waals surface area contributed by atoms with E-state index in [9.17, 15) is 9.18 Å². The van der Waals surface area contributed by atoms with Crippen molar-refractivity contribution in [2.24, 2.45) is 0 Å². The Bertz CT molecular complexity index is 265. The van der Waals surface area contributed by atoms with Gasteiger partial charge in [-0.2, -0.15) is 0 Å². The molecule has 3 nitrogen and oxygen atoms in total. The molecule has 1 amide bonds. The average molecular weight is 214 g/mol. The van der Waals surface area contributed by atoms with Crippen molar-refractivity contribution in [3.63, 3.8) is 0 Å². The van der Waals surface area contributed by atoms with E-state index in [0.29, 0.717) is 12.6 Å². The minimum atomic E-state index is -0.861. The zero-order chi connectivity index (χ0) is 11.6. The van der Waals surface area contributed by atoms with Gasteiger partial charge in [0.25, 0.3) is 5.91 Å². The summed E-state index contributed by atoms with van der Waals surface area (Å²) in [5, 5.41) is 0. The average Bonchev–Trinajstić information content (AvgIpc) is 2.16. The molecule has 0 aromatic carbocycles. The van der Waals surface area contributed by atoms with Crippen molar-refractivity contribution in [3.05, 3.63) is 12.4 Å². The molecule has 1 heterocycles. The molecule has 1 rings (SSSR count). The van der Waals surface area contributed by atoms with Crippen LogP contribution >= 0.6 is 0 Å². The molecule has 86 valence electrons. The maximum Gasteiger partial charge on any atom is 0.282 e. The van der Waals surface area contributed by atoms with Gasteiger partial charge in [0.05, 0.1) is 0 Å². The number of carbonyl (C=O) groups is 1. The summed E-state index contributed by atoms with van der Waals surface area (Å²) in [6, 6.07) is 0.527. The molecule has 0 unspecified atom stereocenters. The fraction of sp³-hybridized carbons (Fsp3) is 0.727. The third-order valence-corrected chi connectivity index (χ3v) is 2.88. The van der Waals surface area contributed by atoms with Crippen LogP contribution in [0.5, 0.6) is 0 Å². The molecule has 0 saturated carbocycles. The lowest BCUT2D eigenvalue weighted by Gasteiger charge is -2.41. The Hall–Kier alpha value is -0.900. The maximum atomic E-state index is 12.7. The fourth-order valence-electron chi connectivity index (χ4n) is 1.91. The summed E-state index contributed by atoms with van der Waals surface area (Å²) >= 11 is 0. The van der Waals surface area contributed by atoms with E-state index < -0.39 is 11.7 Å². The van der Waals surface area contributed by atoms with Crippen molar-refractivity contribution in [2.75, 3.05) is 19.6 Å². The first-order valence-electron chi connectivity index (χ1n) is 5.33. The molecule has 15 heavy (non-hydrogen) atoms. The van der Waals surface area contributed by atoms with Crippen molar-refractivity contribution in [2.45, 2.75) is 32.9 Å². The van der Waals surface area contributed by atoms with Gasteiger partial charge in [-0.25, -0.2) is 4.39 Å². The number of nitrogens with zero attached hydrogens (tertiary/aromatic N) is 2. The number of piperazine rings is 1. The molecule has 0 aliphatic carbocycles. The summed E-state index contributed by atoms with van der Waals surface area (Å²) in [5.41, 5.74) is 0. The molecule has 1 atom stereocenters. The van der Waals surface area contributed by atoms with Gasteiger partial charge >= 0.3 is 0 Å². The molecule has 0 spiro atoms. The Morgan fingerprint density at radius 2 is 2.07 bits per heavy atom. The summed E-state index contributed by atoms with van der Waals surface area (Å²) in [7, 11) is 0. The van der Waals surface area contributed by atoms with Gasteiger partial charge in [-0.15, -0.1) is 0 Å². The van der Waals surface area contributed by atoms with Gasteiger partial charge in [0, 0.05) is 31.7 Å². The number of hydrogen-bond donors (Lipinski definition) is 0. The molecule has 0 radical (unpaired) electrons. The first-order chi connectivity index (χ1) is 6.93. The van der Waals surface area contributed by atoms with Gasteiger partial charge in [-0.3, -0.25) is 9.69 Å². The summed E-state index contributed by atoms with van der Waals surface area (Å²) in [4.78, 5) is 15.3. The topological polar surface area (TPSA) is 23.6 Å². The SMILES string of the molecule is C=C(F)C(=O)N1CCN(C(C)C)C[C@@H]1C. The summed E-state index contributed by atoms with van der Waals surface area (Å²) in [6.45, 7) is 11.4. The largest absolute Gasteiger partial charge is 0.331 e. The second-order valence-electron chi connectivity index (χ2n) is 4.34. The van der Waals surface area contributed by atoms with Gasteiger partial charge in [0.15, 0.2) is 5.83 Å². The van der Waals surface area contributed by atoms with Gasteiger partial charge in [-0.1, -0.05) is 6.58 Å². The Balaban J connectivity index is 2.60. The second-order valence-corrected chi connectivity index (χ2v) is 4.34. The van der Waals surface area contributed by atoms with Gasteiger partial charge in [-0.05, 0) is 20.8 Å². The molecule has 0 aromatic heterocycles. The smallest absolute Gasteiger partial charge is 0.282 e. The standard InChI is InChI=1S/C11H19FN2O/c1-8(2)13-5-6-14(9(3)7-13)11(15)10(4)12/h8-9H,4-7H2,1-3H3/t9-/m0/s1. The highest BCUT2D eigenvalue weighted by Crippen LogP contribution is 2.14. The number of hydrogen-bond acceptors (Lipinski definition) is 2. The molecule has 1 aliphatic rings. The zero-order valence-electron chi connectivity index (χ0n) is 9.66. The monoisotopic (exact) mass is 214 g/mol. The van der Waals surface area contributed by atoms with Crippen LogP contribution in [0.15, 0.2) is 12.4 Å². The number of halogens is 1. The normalized spacial score (nSPS) is 23.3.